The molecule has 7 heteroatoms. The number of carbonyl (C=O) groups excluding carboxylic acids is 2. The van der Waals surface area contributed by atoms with Crippen LogP contribution in [0.1, 0.15) is 40.9 Å². The van der Waals surface area contributed by atoms with Gasteiger partial charge >= 0.3 is 0 Å². The number of amides is 2. The standard InChI is InChI=1S/C19H23N5O2/c1-14-9-15(11-20-10-14)19(26)23-13-17-4-6-21-24(17)8-5-16(23)12-22-7-2-3-18(22)25/h4,6,9-11,16H,2-3,5,7-8,12-13H2,1H3/t16-/m1/s1. The molecule has 7 nitrogen and oxygen atoms in total. The van der Waals surface area contributed by atoms with Crippen molar-refractivity contribution in [3.63, 3.8) is 0 Å². The van der Waals surface area contributed by atoms with Gasteiger partial charge in [0.25, 0.3) is 5.91 Å². The summed E-state index contributed by atoms with van der Waals surface area (Å²) in [5, 5.41) is 4.36. The van der Waals surface area contributed by atoms with Crippen LogP contribution < -0.4 is 0 Å². The van der Waals surface area contributed by atoms with E-state index in [0.29, 0.717) is 25.1 Å². The zero-order chi connectivity index (χ0) is 18.1. The summed E-state index contributed by atoms with van der Waals surface area (Å²) in [6.45, 7) is 4.56. The third-order valence-electron chi connectivity index (χ3n) is 5.24. The maximum absolute atomic E-state index is 13.3. The van der Waals surface area contributed by atoms with Crippen LogP contribution in [-0.4, -0.2) is 55.5 Å². The number of hydrogen-bond donors (Lipinski definition) is 0. The fourth-order valence-corrected chi connectivity index (χ4v) is 3.84. The zero-order valence-corrected chi connectivity index (χ0v) is 15.0. The molecule has 2 aromatic heterocycles. The molecule has 0 unspecified atom stereocenters. The first-order valence-electron chi connectivity index (χ1n) is 9.13. The van der Waals surface area contributed by atoms with Crippen LogP contribution in [-0.2, 0) is 17.9 Å². The fourth-order valence-electron chi connectivity index (χ4n) is 3.84. The van der Waals surface area contributed by atoms with Gasteiger partial charge in [-0.15, -0.1) is 0 Å². The third kappa shape index (κ3) is 3.21. The predicted molar refractivity (Wildman–Crippen MR) is 95.3 cm³/mol. The van der Waals surface area contributed by atoms with Crippen molar-refractivity contribution >= 4 is 11.8 Å². The number of pyridine rings is 1. The van der Waals surface area contributed by atoms with Gasteiger partial charge in [0.2, 0.25) is 5.91 Å². The van der Waals surface area contributed by atoms with Crippen molar-refractivity contribution in [3.8, 4) is 0 Å². The highest BCUT2D eigenvalue weighted by molar-refractivity contribution is 5.94. The van der Waals surface area contributed by atoms with Gasteiger partial charge in [-0.3, -0.25) is 19.3 Å². The Balaban J connectivity index is 1.63. The van der Waals surface area contributed by atoms with Gasteiger partial charge in [-0.2, -0.15) is 5.10 Å². The summed E-state index contributed by atoms with van der Waals surface area (Å²) in [5.41, 5.74) is 2.58. The molecule has 0 aromatic carbocycles. The van der Waals surface area contributed by atoms with Crippen LogP contribution in [0.15, 0.2) is 30.7 Å². The first-order valence-corrected chi connectivity index (χ1v) is 9.13. The summed E-state index contributed by atoms with van der Waals surface area (Å²) in [4.78, 5) is 33.3. The maximum Gasteiger partial charge on any atom is 0.256 e. The van der Waals surface area contributed by atoms with Gasteiger partial charge in [-0.05, 0) is 37.5 Å². The summed E-state index contributed by atoms with van der Waals surface area (Å²) in [6.07, 6.45) is 7.44. The van der Waals surface area contributed by atoms with Crippen molar-refractivity contribution in [1.82, 2.24) is 24.6 Å². The van der Waals surface area contributed by atoms with Crippen LogP contribution in [0.2, 0.25) is 0 Å². The topological polar surface area (TPSA) is 71.3 Å². The highest BCUT2D eigenvalue weighted by Crippen LogP contribution is 2.22. The predicted octanol–water partition coefficient (Wildman–Crippen LogP) is 1.62. The van der Waals surface area contributed by atoms with Gasteiger partial charge in [-0.25, -0.2) is 0 Å². The van der Waals surface area contributed by atoms with E-state index in [1.165, 1.54) is 0 Å². The second kappa shape index (κ2) is 6.90. The summed E-state index contributed by atoms with van der Waals surface area (Å²) >= 11 is 0. The van der Waals surface area contributed by atoms with E-state index in [1.54, 1.807) is 18.6 Å². The molecule has 4 heterocycles. The summed E-state index contributed by atoms with van der Waals surface area (Å²) in [6, 6.07) is 3.81. The highest BCUT2D eigenvalue weighted by Gasteiger charge is 2.32. The molecule has 26 heavy (non-hydrogen) atoms. The molecular weight excluding hydrogens is 330 g/mol. The molecule has 2 aliphatic heterocycles. The second-order valence-corrected chi connectivity index (χ2v) is 7.12. The van der Waals surface area contributed by atoms with Crippen molar-refractivity contribution in [3.05, 3.63) is 47.5 Å². The van der Waals surface area contributed by atoms with Gasteiger partial charge in [0, 0.05) is 44.6 Å². The molecule has 0 aliphatic carbocycles. The average molecular weight is 353 g/mol. The lowest BCUT2D eigenvalue weighted by Crippen LogP contribution is -2.46. The molecule has 0 radical (unpaired) electrons. The van der Waals surface area contributed by atoms with Crippen molar-refractivity contribution in [2.45, 2.75) is 45.3 Å². The van der Waals surface area contributed by atoms with E-state index in [0.717, 1.165) is 37.2 Å². The Labute approximate surface area is 152 Å². The fraction of sp³-hybridized carbons (Fsp3) is 0.474. The Bertz CT molecular complexity index is 831. The van der Waals surface area contributed by atoms with Crippen LogP contribution in [0.25, 0.3) is 0 Å². The molecule has 0 bridgehead atoms. The summed E-state index contributed by atoms with van der Waals surface area (Å²) in [7, 11) is 0. The van der Waals surface area contributed by atoms with E-state index in [1.807, 2.05) is 33.5 Å². The van der Waals surface area contributed by atoms with Gasteiger partial charge in [-0.1, -0.05) is 0 Å². The Kier molecular flexibility index (Phi) is 4.44. The van der Waals surface area contributed by atoms with E-state index in [9.17, 15) is 9.59 Å². The number of carbonyl (C=O) groups is 2. The average Bonchev–Trinajstić information content (AvgIpc) is 3.21. The number of aromatic nitrogens is 3. The molecular formula is C19H23N5O2. The van der Waals surface area contributed by atoms with Crippen molar-refractivity contribution in [1.29, 1.82) is 0 Å². The zero-order valence-electron chi connectivity index (χ0n) is 15.0. The number of rotatable bonds is 3. The summed E-state index contributed by atoms with van der Waals surface area (Å²) < 4.78 is 1.96. The second-order valence-electron chi connectivity index (χ2n) is 7.12. The normalized spacial score (nSPS) is 20.2. The largest absolute Gasteiger partial charge is 0.341 e. The van der Waals surface area contributed by atoms with Gasteiger partial charge in [0.1, 0.15) is 0 Å². The molecule has 0 spiro atoms. The number of nitrogens with zero attached hydrogens (tertiary/aromatic N) is 5. The van der Waals surface area contributed by atoms with Gasteiger partial charge in [0.05, 0.1) is 23.8 Å². The Morgan fingerprint density at radius 1 is 1.31 bits per heavy atom. The highest BCUT2D eigenvalue weighted by atomic mass is 16.2. The lowest BCUT2D eigenvalue weighted by atomic mass is 10.1. The van der Waals surface area contributed by atoms with Crippen LogP contribution in [0.3, 0.4) is 0 Å². The lowest BCUT2D eigenvalue weighted by molar-refractivity contribution is -0.128. The molecule has 0 N–H and O–H groups in total. The first kappa shape index (κ1) is 16.8. The van der Waals surface area contributed by atoms with E-state index in [-0.39, 0.29) is 17.9 Å². The quantitative estimate of drug-likeness (QED) is 0.841. The minimum atomic E-state index is -0.0347. The lowest BCUT2D eigenvalue weighted by Gasteiger charge is -2.32. The van der Waals surface area contributed by atoms with E-state index in [2.05, 4.69) is 10.1 Å². The molecule has 1 fully saturated rings. The van der Waals surface area contributed by atoms with Crippen LogP contribution >= 0.6 is 0 Å². The molecule has 136 valence electrons. The molecule has 2 aliphatic rings. The van der Waals surface area contributed by atoms with Gasteiger partial charge in [0.15, 0.2) is 0 Å². The molecule has 4 rings (SSSR count). The number of fused-ring (bicyclic) bond motifs is 1. The number of hydrogen-bond acceptors (Lipinski definition) is 4. The van der Waals surface area contributed by atoms with Crippen LogP contribution in [0.5, 0.6) is 0 Å². The Morgan fingerprint density at radius 2 is 2.19 bits per heavy atom. The van der Waals surface area contributed by atoms with Crippen molar-refractivity contribution < 1.29 is 9.59 Å². The molecule has 1 saturated heterocycles. The Hall–Kier alpha value is -2.70. The van der Waals surface area contributed by atoms with Gasteiger partial charge < -0.3 is 9.80 Å². The SMILES string of the molecule is Cc1cncc(C(=O)N2Cc3ccnn3CC[C@@H]2CN2CCCC2=O)c1. The van der Waals surface area contributed by atoms with E-state index >= 15 is 0 Å². The van der Waals surface area contributed by atoms with Crippen molar-refractivity contribution in [2.24, 2.45) is 0 Å². The number of aryl methyl sites for hydroxylation is 2. The molecule has 0 saturated carbocycles. The maximum atomic E-state index is 13.3. The molecule has 1 atom stereocenters. The van der Waals surface area contributed by atoms with Crippen molar-refractivity contribution in [2.75, 3.05) is 13.1 Å². The van der Waals surface area contributed by atoms with E-state index < -0.39 is 0 Å². The first-order chi connectivity index (χ1) is 12.6. The number of likely N-dealkylation sites (tertiary alicyclic amines) is 1. The molecule has 2 amide bonds. The smallest absolute Gasteiger partial charge is 0.256 e. The third-order valence-corrected chi connectivity index (χ3v) is 5.24. The van der Waals surface area contributed by atoms with Crippen LogP contribution in [0, 0.1) is 6.92 Å². The van der Waals surface area contributed by atoms with Crippen LogP contribution in [0.4, 0.5) is 0 Å². The molecule has 2 aromatic rings. The minimum absolute atomic E-state index is 0.0215. The minimum Gasteiger partial charge on any atom is -0.341 e. The monoisotopic (exact) mass is 353 g/mol. The Morgan fingerprint density at radius 3 is 2.96 bits per heavy atom. The van der Waals surface area contributed by atoms with E-state index in [4.69, 9.17) is 0 Å². The summed E-state index contributed by atoms with van der Waals surface area (Å²) in [5.74, 6) is 0.157.